The molecule has 0 saturated carbocycles. The van der Waals surface area contributed by atoms with Gasteiger partial charge in [0, 0.05) is 50.3 Å². The van der Waals surface area contributed by atoms with Crippen LogP contribution in [-0.2, 0) is 13.6 Å². The zero-order valence-corrected chi connectivity index (χ0v) is 19.5. The summed E-state index contributed by atoms with van der Waals surface area (Å²) in [6.07, 6.45) is 4.82. The third kappa shape index (κ3) is 4.03. The lowest BCUT2D eigenvalue weighted by Crippen LogP contribution is -2.40. The van der Waals surface area contributed by atoms with Crippen LogP contribution < -0.4 is 10.2 Å². The minimum absolute atomic E-state index is 0.168. The molecule has 1 aliphatic rings. The molecule has 0 atom stereocenters. The number of aromatic nitrogens is 8. The maximum absolute atomic E-state index is 13.8. The van der Waals surface area contributed by atoms with Crippen molar-refractivity contribution in [3.8, 4) is 11.1 Å². The van der Waals surface area contributed by atoms with Crippen molar-refractivity contribution < 1.29 is 8.78 Å². The van der Waals surface area contributed by atoms with Gasteiger partial charge in [0.05, 0.1) is 29.5 Å². The van der Waals surface area contributed by atoms with Gasteiger partial charge in [0.15, 0.2) is 5.65 Å². The Balaban J connectivity index is 1.38. The van der Waals surface area contributed by atoms with E-state index in [0.29, 0.717) is 40.5 Å². The first-order valence-electron chi connectivity index (χ1n) is 11.1. The van der Waals surface area contributed by atoms with Gasteiger partial charge >= 0.3 is 0 Å². The molecule has 1 saturated heterocycles. The lowest BCUT2D eigenvalue weighted by Gasteiger charge is -2.31. The molecule has 0 radical (unpaired) electrons. The lowest BCUT2D eigenvalue weighted by atomic mass is 10.1. The van der Waals surface area contributed by atoms with E-state index in [2.05, 4.69) is 30.5 Å². The minimum Gasteiger partial charge on any atom is -0.347 e. The van der Waals surface area contributed by atoms with Crippen molar-refractivity contribution in [2.75, 3.05) is 23.3 Å². The van der Waals surface area contributed by atoms with Gasteiger partial charge in [0.25, 0.3) is 5.92 Å². The van der Waals surface area contributed by atoms with Crippen LogP contribution in [0.3, 0.4) is 0 Å². The fraction of sp³-hybridized carbons (Fsp3) is 0.318. The van der Waals surface area contributed by atoms with Crippen LogP contribution >= 0.6 is 11.6 Å². The van der Waals surface area contributed by atoms with Crippen molar-refractivity contribution in [2.45, 2.75) is 25.3 Å². The Morgan fingerprint density at radius 2 is 1.94 bits per heavy atom. The van der Waals surface area contributed by atoms with Gasteiger partial charge in [0.2, 0.25) is 11.9 Å². The van der Waals surface area contributed by atoms with Gasteiger partial charge in [-0.05, 0) is 12.1 Å². The van der Waals surface area contributed by atoms with E-state index in [0.717, 1.165) is 16.6 Å². The molecular weight excluding hydrogens is 478 g/mol. The smallest absolute Gasteiger partial charge is 0.251 e. The number of para-hydroxylation sites is 1. The van der Waals surface area contributed by atoms with Gasteiger partial charge in [-0.25, -0.2) is 13.8 Å². The average molecular weight is 499 g/mol. The maximum Gasteiger partial charge on any atom is 0.251 e. The third-order valence-electron chi connectivity index (χ3n) is 6.08. The number of nitrogens with zero attached hydrogens (tertiary/aromatic N) is 8. The van der Waals surface area contributed by atoms with E-state index in [9.17, 15) is 8.78 Å². The number of alkyl halides is 2. The van der Waals surface area contributed by atoms with E-state index in [1.54, 1.807) is 32.6 Å². The second-order valence-electron chi connectivity index (χ2n) is 8.56. The molecule has 10 nitrogen and oxygen atoms in total. The zero-order chi connectivity index (χ0) is 24.2. The Morgan fingerprint density at radius 1 is 1.11 bits per heavy atom. The van der Waals surface area contributed by atoms with Crippen LogP contribution in [0.1, 0.15) is 18.7 Å². The van der Waals surface area contributed by atoms with Crippen molar-refractivity contribution in [3.05, 3.63) is 47.6 Å². The molecular formula is C22H21ClF2N10. The van der Waals surface area contributed by atoms with E-state index in [4.69, 9.17) is 16.6 Å². The normalized spacial score (nSPS) is 15.8. The molecule has 0 amide bonds. The number of imidazole rings is 1. The minimum atomic E-state index is -2.66. The summed E-state index contributed by atoms with van der Waals surface area (Å²) in [4.78, 5) is 18.9. The van der Waals surface area contributed by atoms with Crippen LogP contribution in [0.15, 0.2) is 36.8 Å². The monoisotopic (exact) mass is 498 g/mol. The van der Waals surface area contributed by atoms with Gasteiger partial charge in [-0.3, -0.25) is 4.68 Å². The average Bonchev–Trinajstić information content (AvgIpc) is 3.55. The highest BCUT2D eigenvalue weighted by molar-refractivity contribution is 6.34. The summed E-state index contributed by atoms with van der Waals surface area (Å²) in [6, 6.07) is 5.54. The molecule has 180 valence electrons. The fourth-order valence-corrected chi connectivity index (χ4v) is 4.43. The second kappa shape index (κ2) is 8.15. The highest BCUT2D eigenvalue weighted by Crippen LogP contribution is 2.31. The largest absolute Gasteiger partial charge is 0.347 e. The molecule has 6 rings (SSSR count). The summed E-state index contributed by atoms with van der Waals surface area (Å²) in [7, 11) is 1.83. The maximum atomic E-state index is 13.8. The van der Waals surface area contributed by atoms with Gasteiger partial charge in [-0.2, -0.15) is 24.7 Å². The Bertz CT molecular complexity index is 1530. The van der Waals surface area contributed by atoms with Gasteiger partial charge in [-0.1, -0.05) is 17.7 Å². The van der Waals surface area contributed by atoms with E-state index in [1.165, 1.54) is 0 Å². The van der Waals surface area contributed by atoms with Gasteiger partial charge < -0.3 is 15.2 Å². The van der Waals surface area contributed by atoms with Crippen LogP contribution in [0, 0.1) is 0 Å². The third-order valence-corrected chi connectivity index (χ3v) is 6.38. The molecule has 0 unspecified atom stereocenters. The van der Waals surface area contributed by atoms with E-state index in [-0.39, 0.29) is 25.9 Å². The van der Waals surface area contributed by atoms with Crippen molar-refractivity contribution in [3.63, 3.8) is 0 Å². The Labute approximate surface area is 203 Å². The number of anilines is 2. The highest BCUT2D eigenvalue weighted by atomic mass is 35.5. The number of nitrogens with one attached hydrogen (secondary N) is 2. The molecule has 5 aromatic rings. The standard InChI is InChI=1S/C22H21ClF2N10/c1-33-12-13(9-27-33)14-10-28-35-19(14)31-21(34-7-5-22(24,25)6-8-34)32-20(35)26-11-17-29-16-4-2-3-15(23)18(16)30-17/h2-4,9-10,12H,5-8,11H2,1H3,(H,29,30)(H,26,31,32). The van der Waals surface area contributed by atoms with E-state index < -0.39 is 5.92 Å². The molecule has 0 bridgehead atoms. The van der Waals surface area contributed by atoms with Crippen molar-refractivity contribution in [2.24, 2.45) is 7.05 Å². The quantitative estimate of drug-likeness (QED) is 0.378. The molecule has 1 aromatic carbocycles. The number of piperidine rings is 1. The lowest BCUT2D eigenvalue weighted by molar-refractivity contribution is -0.0222. The molecule has 4 aromatic heterocycles. The summed E-state index contributed by atoms with van der Waals surface area (Å²) in [5, 5.41) is 12.6. The summed E-state index contributed by atoms with van der Waals surface area (Å²) >= 11 is 6.25. The summed E-state index contributed by atoms with van der Waals surface area (Å²) in [6.45, 7) is 0.652. The second-order valence-corrected chi connectivity index (χ2v) is 8.97. The molecule has 5 heterocycles. The van der Waals surface area contributed by atoms with E-state index >= 15 is 0 Å². The molecule has 1 fully saturated rings. The SMILES string of the molecule is Cn1cc(-c2cnn3c(NCc4nc5c(Cl)cccc5[nH]4)nc(N4CCC(F)(F)CC4)nc23)cn1. The van der Waals surface area contributed by atoms with Crippen molar-refractivity contribution in [1.29, 1.82) is 0 Å². The summed E-state index contributed by atoms with van der Waals surface area (Å²) < 4.78 is 30.8. The molecule has 0 aliphatic carbocycles. The van der Waals surface area contributed by atoms with Crippen LogP contribution in [0.5, 0.6) is 0 Å². The number of aryl methyl sites for hydroxylation is 1. The number of fused-ring (bicyclic) bond motifs is 2. The van der Waals surface area contributed by atoms with Crippen LogP contribution in [0.2, 0.25) is 5.02 Å². The first-order valence-corrected chi connectivity index (χ1v) is 11.5. The van der Waals surface area contributed by atoms with Crippen LogP contribution in [0.4, 0.5) is 20.7 Å². The van der Waals surface area contributed by atoms with Gasteiger partial charge in [-0.15, -0.1) is 0 Å². The Hall–Kier alpha value is -3.80. The molecule has 1 aliphatic heterocycles. The number of halogens is 3. The Kier molecular flexibility index (Phi) is 5.06. The van der Waals surface area contributed by atoms with Crippen molar-refractivity contribution >= 4 is 40.2 Å². The van der Waals surface area contributed by atoms with Crippen molar-refractivity contribution in [1.82, 2.24) is 39.3 Å². The Morgan fingerprint density at radius 3 is 2.69 bits per heavy atom. The number of rotatable bonds is 5. The number of hydrogen-bond acceptors (Lipinski definition) is 7. The highest BCUT2D eigenvalue weighted by Gasteiger charge is 2.35. The molecule has 2 N–H and O–H groups in total. The number of aromatic amines is 1. The van der Waals surface area contributed by atoms with E-state index in [1.807, 2.05) is 25.4 Å². The van der Waals surface area contributed by atoms with Crippen LogP contribution in [-0.4, -0.2) is 58.3 Å². The van der Waals surface area contributed by atoms with Gasteiger partial charge in [0.1, 0.15) is 11.3 Å². The predicted octanol–water partition coefficient (Wildman–Crippen LogP) is 3.90. The summed E-state index contributed by atoms with van der Waals surface area (Å²) in [5.74, 6) is -1.21. The zero-order valence-electron chi connectivity index (χ0n) is 18.7. The first-order chi connectivity index (χ1) is 16.9. The topological polar surface area (TPSA) is 105 Å². The molecule has 13 heteroatoms. The number of hydrogen-bond donors (Lipinski definition) is 2. The van der Waals surface area contributed by atoms with Crippen LogP contribution in [0.25, 0.3) is 27.8 Å². The molecule has 35 heavy (non-hydrogen) atoms. The number of benzene rings is 1. The summed E-state index contributed by atoms with van der Waals surface area (Å²) in [5.41, 5.74) is 3.68. The molecule has 0 spiro atoms. The number of H-pyrrole nitrogens is 1. The predicted molar refractivity (Wildman–Crippen MR) is 128 cm³/mol. The fourth-order valence-electron chi connectivity index (χ4n) is 4.21. The first kappa shape index (κ1) is 21.7.